The van der Waals surface area contributed by atoms with Gasteiger partial charge in [-0.25, -0.2) is 0 Å². The van der Waals surface area contributed by atoms with Crippen molar-refractivity contribution in [2.24, 2.45) is 0 Å². The predicted octanol–water partition coefficient (Wildman–Crippen LogP) is 6.38. The van der Waals surface area contributed by atoms with Gasteiger partial charge in [0.2, 0.25) is 7.38 Å². The Morgan fingerprint density at radius 3 is 0.684 bits per heavy atom. The van der Waals surface area contributed by atoms with Gasteiger partial charge in [0.15, 0.2) is 0 Å². The highest BCUT2D eigenvalue weighted by molar-refractivity contribution is 7.40. The third kappa shape index (κ3) is 5.41. The van der Waals surface area contributed by atoms with E-state index in [0.29, 0.717) is 0 Å². The summed E-state index contributed by atoms with van der Waals surface area (Å²) in [7, 11) is -7.23. The number of halogens is 1. The zero-order valence-electron chi connectivity index (χ0n) is 26.8. The van der Waals surface area contributed by atoms with Gasteiger partial charge < -0.3 is 0 Å². The second kappa shape index (κ2) is 10.3. The fourth-order valence-electron chi connectivity index (χ4n) is 6.45. The maximum atomic E-state index is 8.32. The van der Waals surface area contributed by atoms with Gasteiger partial charge in [-0.3, -0.25) is 0 Å². The van der Waals surface area contributed by atoms with Crippen LogP contribution in [0.3, 0.4) is 0 Å². The number of rotatable bonds is 6. The Hall–Kier alpha value is -1.18. The van der Waals surface area contributed by atoms with Crippen LogP contribution >= 0.6 is 11.1 Å². The number of benzene rings is 3. The molecule has 0 fully saturated rings. The molecule has 0 amide bonds. The quantitative estimate of drug-likeness (QED) is 0.176. The second-order valence-corrected chi connectivity index (χ2v) is 34.4. The molecule has 0 aliphatic heterocycles. The first kappa shape index (κ1) is 31.3. The molecule has 0 atom stereocenters. The van der Waals surface area contributed by atoms with Crippen LogP contribution in [0, 0.1) is 41.5 Å². The lowest BCUT2D eigenvalue weighted by Gasteiger charge is -2.35. The summed E-state index contributed by atoms with van der Waals surface area (Å²) in [6.07, 6.45) is 0. The van der Waals surface area contributed by atoms with Gasteiger partial charge in [0, 0.05) is 0 Å². The van der Waals surface area contributed by atoms with E-state index in [9.17, 15) is 0 Å². The lowest BCUT2D eigenvalue weighted by atomic mass is 10.1. The molecule has 0 bridgehead atoms. The Bertz CT molecular complexity index is 1210. The maximum absolute atomic E-state index is 8.32. The summed E-state index contributed by atoms with van der Waals surface area (Å²) >= 11 is 8.32. The van der Waals surface area contributed by atoms with Crippen molar-refractivity contribution in [3.8, 4) is 0 Å². The van der Waals surface area contributed by atoms with Crippen molar-refractivity contribution in [1.82, 2.24) is 0 Å². The minimum absolute atomic E-state index is 1.37. The van der Waals surface area contributed by atoms with Gasteiger partial charge in [-0.1, -0.05) is 111 Å². The van der Waals surface area contributed by atoms with Crippen molar-refractivity contribution in [1.29, 1.82) is 0 Å². The van der Waals surface area contributed by atoms with Crippen molar-refractivity contribution in [2.45, 2.75) is 100 Å². The van der Waals surface area contributed by atoms with E-state index in [2.05, 4.69) is 137 Å². The van der Waals surface area contributed by atoms with E-state index < -0.39 is 31.6 Å². The molecule has 3 rings (SSSR count). The van der Waals surface area contributed by atoms with Crippen LogP contribution in [0.2, 0.25) is 58.9 Å². The molecule has 5 heteroatoms. The summed E-state index contributed by atoms with van der Waals surface area (Å²) in [5, 5.41) is 8.75. The Kier molecular flexibility index (Phi) is 8.53. The summed E-state index contributed by atoms with van der Waals surface area (Å²) < 4.78 is 0. The first-order valence-corrected chi connectivity index (χ1v) is 27.7. The van der Waals surface area contributed by atoms with Gasteiger partial charge in [0.1, 0.15) is 0 Å². The normalized spacial score (nSPS) is 13.3. The molecular weight excluding hydrogens is 544 g/mol. The van der Waals surface area contributed by atoms with Crippen LogP contribution in [0.1, 0.15) is 33.4 Å². The third-order valence-corrected chi connectivity index (χ3v) is 21.1. The fraction of sp³-hybridized carbons (Fsp3) is 0.455. The Labute approximate surface area is 243 Å². The average molecular weight is 596 g/mol. The standard InChI is InChI=1S/C33H51ClSi4/c1-22-25(4)31(19-16-28(22)35(7,8)9)38(34,32-20-17-29(36(10,11)12)23(2)26(32)5)33-21-18-30(37(13,14)15)24(3)27(33)6/h16-21H,1-15H3. The van der Waals surface area contributed by atoms with E-state index >= 15 is 0 Å². The van der Waals surface area contributed by atoms with Gasteiger partial charge in [-0.2, -0.15) is 0 Å². The van der Waals surface area contributed by atoms with Crippen LogP contribution in [-0.2, 0) is 0 Å². The molecule has 0 spiro atoms. The smallest absolute Gasteiger partial charge is 0.149 e. The first-order chi connectivity index (χ1) is 17.1. The molecule has 0 N–H and O–H groups in total. The molecule has 0 aliphatic carbocycles. The molecule has 38 heavy (non-hydrogen) atoms. The predicted molar refractivity (Wildman–Crippen MR) is 187 cm³/mol. The van der Waals surface area contributed by atoms with Crippen LogP contribution in [0.4, 0.5) is 0 Å². The molecule has 0 saturated carbocycles. The highest BCUT2D eigenvalue weighted by Gasteiger charge is 2.43. The van der Waals surface area contributed by atoms with Gasteiger partial charge in [-0.15, -0.1) is 11.1 Å². The molecule has 3 aromatic rings. The Balaban J connectivity index is 2.50. The molecule has 206 valence electrons. The average Bonchev–Trinajstić information content (AvgIpc) is 2.76. The van der Waals surface area contributed by atoms with Crippen molar-refractivity contribution >= 4 is 73.8 Å². The second-order valence-electron chi connectivity index (χ2n) is 14.6. The highest BCUT2D eigenvalue weighted by atomic mass is 35.6. The van der Waals surface area contributed by atoms with Gasteiger partial charge in [-0.05, 0) is 90.5 Å². The highest BCUT2D eigenvalue weighted by Crippen LogP contribution is 2.23. The summed E-state index contributed by atoms with van der Waals surface area (Å²) in [6, 6.07) is 14.5. The largest absolute Gasteiger partial charge is 0.248 e. The van der Waals surface area contributed by atoms with Crippen LogP contribution in [0.15, 0.2) is 36.4 Å². The zero-order valence-corrected chi connectivity index (χ0v) is 31.6. The van der Waals surface area contributed by atoms with Gasteiger partial charge in [0.25, 0.3) is 0 Å². The SMILES string of the molecule is Cc1c([Si](C)(C)C)ccc([Si](Cl)(c2ccc([Si](C)(C)C)c(C)c2C)c2ccc([Si](C)(C)C)c(C)c2C)c1C. The molecule has 0 aromatic heterocycles. The van der Waals surface area contributed by atoms with Crippen molar-refractivity contribution in [3.05, 3.63) is 69.8 Å². The molecule has 0 radical (unpaired) electrons. The molecule has 0 aliphatic rings. The van der Waals surface area contributed by atoms with Crippen LogP contribution in [-0.4, -0.2) is 31.6 Å². The van der Waals surface area contributed by atoms with Crippen LogP contribution in [0.5, 0.6) is 0 Å². The molecule has 3 aromatic carbocycles. The van der Waals surface area contributed by atoms with Gasteiger partial charge in [0.05, 0.1) is 24.2 Å². The van der Waals surface area contributed by atoms with E-state index in [0.717, 1.165) is 0 Å². The summed E-state index contributed by atoms with van der Waals surface area (Å²) in [5.74, 6) is 0. The first-order valence-electron chi connectivity index (χ1n) is 14.2. The number of hydrogen-bond donors (Lipinski definition) is 0. The molecule has 0 unspecified atom stereocenters. The van der Waals surface area contributed by atoms with E-state index in [1.54, 1.807) is 15.6 Å². The summed E-state index contributed by atoms with van der Waals surface area (Å²) in [5.41, 5.74) is 8.51. The summed E-state index contributed by atoms with van der Waals surface area (Å²) in [6.45, 7) is 36.0. The minimum atomic E-state index is -2.83. The van der Waals surface area contributed by atoms with Crippen molar-refractivity contribution in [2.75, 3.05) is 0 Å². The van der Waals surface area contributed by atoms with E-state index in [1.807, 2.05) is 0 Å². The molecule has 0 heterocycles. The topological polar surface area (TPSA) is 0 Å². The van der Waals surface area contributed by atoms with Gasteiger partial charge >= 0.3 is 0 Å². The summed E-state index contributed by atoms with van der Waals surface area (Å²) in [4.78, 5) is 0. The van der Waals surface area contributed by atoms with E-state index in [-0.39, 0.29) is 0 Å². The van der Waals surface area contributed by atoms with Crippen LogP contribution in [0.25, 0.3) is 0 Å². The maximum Gasteiger partial charge on any atom is 0.248 e. The van der Waals surface area contributed by atoms with E-state index in [1.165, 1.54) is 48.9 Å². The van der Waals surface area contributed by atoms with Crippen molar-refractivity contribution < 1.29 is 0 Å². The third-order valence-electron chi connectivity index (χ3n) is 8.90. The Morgan fingerprint density at radius 2 is 0.500 bits per heavy atom. The molecule has 0 saturated heterocycles. The lowest BCUT2D eigenvalue weighted by molar-refractivity contribution is 1.35. The molecular formula is C33H51ClSi4. The minimum Gasteiger partial charge on any atom is -0.149 e. The lowest BCUT2D eigenvalue weighted by Crippen LogP contribution is -2.66. The molecule has 0 nitrogen and oxygen atoms in total. The Morgan fingerprint density at radius 1 is 0.342 bits per heavy atom. The monoisotopic (exact) mass is 594 g/mol. The van der Waals surface area contributed by atoms with E-state index in [4.69, 9.17) is 11.1 Å². The number of hydrogen-bond acceptors (Lipinski definition) is 0. The fourth-order valence-corrected chi connectivity index (χ4v) is 17.9. The zero-order chi connectivity index (χ0) is 29.2. The van der Waals surface area contributed by atoms with Crippen LogP contribution < -0.4 is 31.1 Å². The van der Waals surface area contributed by atoms with Crippen molar-refractivity contribution in [3.63, 3.8) is 0 Å².